The maximum absolute atomic E-state index is 14.4. The molecular formula is C17H26FNO2. The predicted octanol–water partition coefficient (Wildman–Crippen LogP) is 3.31. The van der Waals surface area contributed by atoms with Crippen molar-refractivity contribution in [3.8, 4) is 5.75 Å². The molecule has 1 N–H and O–H groups in total. The van der Waals surface area contributed by atoms with Gasteiger partial charge in [0.05, 0.1) is 12.7 Å². The summed E-state index contributed by atoms with van der Waals surface area (Å²) >= 11 is 0. The molecule has 2 unspecified atom stereocenters. The van der Waals surface area contributed by atoms with Gasteiger partial charge < -0.3 is 14.8 Å². The number of nitrogens with one attached hydrogen (secondary N) is 1. The van der Waals surface area contributed by atoms with Crippen molar-refractivity contribution in [1.82, 2.24) is 5.32 Å². The number of halogens is 1. The molecule has 0 spiro atoms. The fourth-order valence-electron chi connectivity index (χ4n) is 3.07. The summed E-state index contributed by atoms with van der Waals surface area (Å²) in [6.45, 7) is 5.84. The minimum absolute atomic E-state index is 0.101. The van der Waals surface area contributed by atoms with Gasteiger partial charge in [0.25, 0.3) is 0 Å². The van der Waals surface area contributed by atoms with E-state index >= 15 is 0 Å². The van der Waals surface area contributed by atoms with Crippen molar-refractivity contribution in [2.75, 3.05) is 20.3 Å². The first-order valence-electron chi connectivity index (χ1n) is 7.79. The Morgan fingerprint density at radius 1 is 1.43 bits per heavy atom. The van der Waals surface area contributed by atoms with Gasteiger partial charge in [0.2, 0.25) is 0 Å². The molecule has 2 rings (SSSR count). The monoisotopic (exact) mass is 295 g/mol. The first-order valence-corrected chi connectivity index (χ1v) is 7.79. The summed E-state index contributed by atoms with van der Waals surface area (Å²) in [6.07, 6.45) is 3.89. The zero-order chi connectivity index (χ0) is 15.3. The molecule has 0 bridgehead atoms. The van der Waals surface area contributed by atoms with Crippen LogP contribution in [0.3, 0.4) is 0 Å². The summed E-state index contributed by atoms with van der Waals surface area (Å²) in [5.74, 6) is 0.0415. The van der Waals surface area contributed by atoms with Gasteiger partial charge in [-0.15, -0.1) is 0 Å². The van der Waals surface area contributed by atoms with Gasteiger partial charge in [0, 0.05) is 12.6 Å². The second kappa shape index (κ2) is 7.23. The molecule has 4 heteroatoms. The van der Waals surface area contributed by atoms with Crippen LogP contribution in [0.2, 0.25) is 0 Å². The Hall–Kier alpha value is -1.13. The Balaban J connectivity index is 2.20. The first kappa shape index (κ1) is 16.2. The summed E-state index contributed by atoms with van der Waals surface area (Å²) in [5, 5.41) is 3.47. The van der Waals surface area contributed by atoms with E-state index < -0.39 is 0 Å². The molecule has 118 valence electrons. The molecule has 2 atom stereocenters. The Kier molecular flexibility index (Phi) is 5.59. The topological polar surface area (TPSA) is 30.5 Å². The minimum Gasteiger partial charge on any atom is -0.494 e. The summed E-state index contributed by atoms with van der Waals surface area (Å²) in [6, 6.07) is 5.42. The van der Waals surface area contributed by atoms with E-state index in [1.807, 2.05) is 12.1 Å². The van der Waals surface area contributed by atoms with Crippen molar-refractivity contribution in [1.29, 1.82) is 0 Å². The summed E-state index contributed by atoms with van der Waals surface area (Å²) in [4.78, 5) is 0. The Morgan fingerprint density at radius 2 is 2.24 bits per heavy atom. The lowest BCUT2D eigenvalue weighted by molar-refractivity contribution is -0.0882. The van der Waals surface area contributed by atoms with Crippen molar-refractivity contribution in [3.63, 3.8) is 0 Å². The van der Waals surface area contributed by atoms with Crippen molar-refractivity contribution in [3.05, 3.63) is 29.6 Å². The largest absolute Gasteiger partial charge is 0.494 e. The van der Waals surface area contributed by atoms with Crippen molar-refractivity contribution < 1.29 is 13.9 Å². The minimum atomic E-state index is -0.262. The van der Waals surface area contributed by atoms with E-state index in [9.17, 15) is 4.39 Å². The van der Waals surface area contributed by atoms with E-state index in [4.69, 9.17) is 9.47 Å². The lowest BCUT2D eigenvalue weighted by Gasteiger charge is -2.41. The smallest absolute Gasteiger partial charge is 0.168 e. The molecule has 1 aliphatic heterocycles. The van der Waals surface area contributed by atoms with Crippen LogP contribution in [-0.4, -0.2) is 31.9 Å². The van der Waals surface area contributed by atoms with E-state index in [2.05, 4.69) is 19.2 Å². The summed E-state index contributed by atoms with van der Waals surface area (Å²) in [7, 11) is 1.50. The lowest BCUT2D eigenvalue weighted by atomic mass is 9.84. The van der Waals surface area contributed by atoms with Crippen LogP contribution >= 0.6 is 0 Å². The molecule has 0 saturated carbocycles. The quantitative estimate of drug-likeness (QED) is 0.873. The number of rotatable bonds is 6. The molecule has 1 saturated heterocycles. The molecule has 3 nitrogen and oxygen atoms in total. The van der Waals surface area contributed by atoms with Gasteiger partial charge in [-0.05, 0) is 50.8 Å². The molecule has 1 aliphatic rings. The number of hydrogen-bond donors (Lipinski definition) is 1. The van der Waals surface area contributed by atoms with Crippen molar-refractivity contribution in [2.24, 2.45) is 0 Å². The number of benzene rings is 1. The zero-order valence-corrected chi connectivity index (χ0v) is 13.2. The average Bonchev–Trinajstić information content (AvgIpc) is 2.49. The zero-order valence-electron chi connectivity index (χ0n) is 13.2. The second-order valence-electron chi connectivity index (χ2n) is 5.87. The summed E-state index contributed by atoms with van der Waals surface area (Å²) < 4.78 is 25.5. The van der Waals surface area contributed by atoms with Gasteiger partial charge in [-0.25, -0.2) is 4.39 Å². The molecule has 1 fully saturated rings. The third-order valence-corrected chi connectivity index (χ3v) is 4.37. The molecule has 0 aliphatic carbocycles. The van der Waals surface area contributed by atoms with Gasteiger partial charge in [-0.1, -0.05) is 19.1 Å². The second-order valence-corrected chi connectivity index (χ2v) is 5.87. The van der Waals surface area contributed by atoms with Crippen molar-refractivity contribution >= 4 is 0 Å². The number of methoxy groups -OCH3 is 1. The van der Waals surface area contributed by atoms with E-state index in [-0.39, 0.29) is 17.5 Å². The lowest BCUT2D eigenvalue weighted by Crippen LogP contribution is -2.53. The van der Waals surface area contributed by atoms with Crippen LogP contribution < -0.4 is 10.1 Å². The molecule has 0 radical (unpaired) electrons. The third kappa shape index (κ3) is 3.74. The van der Waals surface area contributed by atoms with E-state index in [0.717, 1.165) is 26.0 Å². The normalized spacial score (nSPS) is 23.8. The van der Waals surface area contributed by atoms with Gasteiger partial charge in [-0.2, -0.15) is 0 Å². The van der Waals surface area contributed by atoms with E-state index in [1.165, 1.54) is 13.5 Å². The van der Waals surface area contributed by atoms with Crippen LogP contribution in [0.1, 0.15) is 38.7 Å². The highest BCUT2D eigenvalue weighted by Crippen LogP contribution is 2.31. The highest BCUT2D eigenvalue weighted by Gasteiger charge is 2.36. The van der Waals surface area contributed by atoms with Crippen LogP contribution in [0, 0.1) is 5.82 Å². The predicted molar refractivity (Wildman–Crippen MR) is 82.3 cm³/mol. The van der Waals surface area contributed by atoms with Gasteiger partial charge in [0.15, 0.2) is 11.6 Å². The molecule has 1 aromatic carbocycles. The van der Waals surface area contributed by atoms with E-state index in [1.54, 1.807) is 6.07 Å². The van der Waals surface area contributed by atoms with Crippen LogP contribution in [0.4, 0.5) is 4.39 Å². The highest BCUT2D eigenvalue weighted by molar-refractivity contribution is 5.32. The molecule has 1 heterocycles. The van der Waals surface area contributed by atoms with Crippen LogP contribution in [0.5, 0.6) is 5.75 Å². The number of ether oxygens (including phenoxy) is 2. The fraction of sp³-hybridized carbons (Fsp3) is 0.647. The highest BCUT2D eigenvalue weighted by atomic mass is 19.1. The SMILES string of the molecule is CCNC(Cc1cccc(OC)c1F)C1(C)CCCCO1. The maximum atomic E-state index is 14.4. The Bertz CT molecular complexity index is 458. The van der Waals surface area contributed by atoms with Gasteiger partial charge in [-0.3, -0.25) is 0 Å². The Morgan fingerprint density at radius 3 is 2.86 bits per heavy atom. The maximum Gasteiger partial charge on any atom is 0.168 e. The molecular weight excluding hydrogens is 269 g/mol. The molecule has 0 amide bonds. The molecule has 1 aromatic rings. The first-order chi connectivity index (χ1) is 10.1. The number of hydrogen-bond acceptors (Lipinski definition) is 3. The Labute approximate surface area is 126 Å². The molecule has 21 heavy (non-hydrogen) atoms. The van der Waals surface area contributed by atoms with Gasteiger partial charge >= 0.3 is 0 Å². The fourth-order valence-corrected chi connectivity index (χ4v) is 3.07. The standard InChI is InChI=1S/C17H26FNO2/c1-4-19-15(17(2)10-5-6-11-21-17)12-13-8-7-9-14(20-3)16(13)18/h7-9,15,19H,4-6,10-12H2,1-3H3. The average molecular weight is 295 g/mol. The summed E-state index contributed by atoms with van der Waals surface area (Å²) in [5.41, 5.74) is 0.444. The molecule has 0 aromatic heterocycles. The van der Waals surface area contributed by atoms with Crippen LogP contribution in [-0.2, 0) is 11.2 Å². The van der Waals surface area contributed by atoms with E-state index in [0.29, 0.717) is 17.7 Å². The number of likely N-dealkylation sites (N-methyl/N-ethyl adjacent to an activating group) is 1. The van der Waals surface area contributed by atoms with Crippen molar-refractivity contribution in [2.45, 2.75) is 51.2 Å². The van der Waals surface area contributed by atoms with Crippen LogP contribution in [0.25, 0.3) is 0 Å². The van der Waals surface area contributed by atoms with Crippen LogP contribution in [0.15, 0.2) is 18.2 Å². The van der Waals surface area contributed by atoms with Gasteiger partial charge in [0.1, 0.15) is 0 Å². The third-order valence-electron chi connectivity index (χ3n) is 4.37.